The van der Waals surface area contributed by atoms with Crippen molar-refractivity contribution in [3.63, 3.8) is 0 Å². The van der Waals surface area contributed by atoms with Crippen molar-refractivity contribution >= 4 is 34.3 Å². The molecule has 0 unspecified atom stereocenters. The molecule has 31 heavy (non-hydrogen) atoms. The molecule has 2 aromatic carbocycles. The second-order valence-electron chi connectivity index (χ2n) is 7.12. The summed E-state index contributed by atoms with van der Waals surface area (Å²) in [4.78, 5) is 38.6. The molecule has 2 amide bonds. The van der Waals surface area contributed by atoms with Crippen LogP contribution in [-0.2, 0) is 9.53 Å². The number of Topliss-reactive ketones (excluding diaryl/α,β-unsaturated/α-hetero) is 1. The number of ketones is 1. The number of benzene rings is 2. The molecule has 0 radical (unpaired) electrons. The number of hydrogen-bond donors (Lipinski definition) is 1. The first-order valence-electron chi connectivity index (χ1n) is 9.95. The third kappa shape index (κ3) is 4.59. The van der Waals surface area contributed by atoms with E-state index < -0.39 is 5.91 Å². The number of rotatable bonds is 6. The maximum absolute atomic E-state index is 13.0. The van der Waals surface area contributed by atoms with E-state index >= 15 is 0 Å². The highest BCUT2D eigenvalue weighted by molar-refractivity contribution is 6.11. The van der Waals surface area contributed by atoms with Crippen LogP contribution in [0, 0.1) is 0 Å². The summed E-state index contributed by atoms with van der Waals surface area (Å²) >= 11 is 0. The molecule has 0 spiro atoms. The zero-order valence-corrected chi connectivity index (χ0v) is 17.1. The SMILES string of the molecule is CC(=O)c1ccc(OCC(=O)Nc2c(C(=O)N3CCOCC3)oc3ccccc23)cc1. The van der Waals surface area contributed by atoms with Crippen LogP contribution < -0.4 is 10.1 Å². The molecule has 3 aromatic rings. The second kappa shape index (κ2) is 9.01. The van der Waals surface area contributed by atoms with Crippen LogP contribution in [0.25, 0.3) is 11.0 Å². The standard InChI is InChI=1S/C23H22N2O6/c1-15(26)16-6-8-17(9-7-16)30-14-20(27)24-21-18-4-2-3-5-19(18)31-22(21)23(28)25-10-12-29-13-11-25/h2-9H,10-14H2,1H3,(H,24,27). The summed E-state index contributed by atoms with van der Waals surface area (Å²) in [6.07, 6.45) is 0. The summed E-state index contributed by atoms with van der Waals surface area (Å²) in [6, 6.07) is 13.7. The van der Waals surface area contributed by atoms with Gasteiger partial charge in [0.2, 0.25) is 5.76 Å². The summed E-state index contributed by atoms with van der Waals surface area (Å²) in [7, 11) is 0. The number of anilines is 1. The van der Waals surface area contributed by atoms with Gasteiger partial charge in [-0.05, 0) is 43.3 Å². The molecule has 1 N–H and O–H groups in total. The average molecular weight is 422 g/mol. The van der Waals surface area contributed by atoms with Crippen LogP contribution in [0.5, 0.6) is 5.75 Å². The van der Waals surface area contributed by atoms with E-state index in [2.05, 4.69) is 5.32 Å². The van der Waals surface area contributed by atoms with Gasteiger partial charge in [-0.3, -0.25) is 14.4 Å². The molecule has 160 valence electrons. The maximum atomic E-state index is 13.0. The van der Waals surface area contributed by atoms with Crippen LogP contribution >= 0.6 is 0 Å². The Morgan fingerprint density at radius 2 is 1.74 bits per heavy atom. The normalized spacial score (nSPS) is 13.8. The topological polar surface area (TPSA) is 98.1 Å². The lowest BCUT2D eigenvalue weighted by Crippen LogP contribution is -2.40. The monoisotopic (exact) mass is 422 g/mol. The fourth-order valence-electron chi connectivity index (χ4n) is 3.34. The van der Waals surface area contributed by atoms with Crippen LogP contribution in [0.4, 0.5) is 5.69 Å². The Labute approximate surface area is 178 Å². The Morgan fingerprint density at radius 3 is 2.45 bits per heavy atom. The number of carbonyl (C=O) groups excluding carboxylic acids is 3. The molecule has 4 rings (SSSR count). The van der Waals surface area contributed by atoms with E-state index in [0.29, 0.717) is 54.3 Å². The number of hydrogen-bond acceptors (Lipinski definition) is 6. The minimum atomic E-state index is -0.432. The minimum Gasteiger partial charge on any atom is -0.484 e. The molecule has 0 atom stereocenters. The molecule has 1 fully saturated rings. The van der Waals surface area contributed by atoms with Gasteiger partial charge in [0.05, 0.1) is 13.2 Å². The third-order valence-corrected chi connectivity index (χ3v) is 4.98. The number of para-hydroxylation sites is 1. The molecule has 1 aliphatic heterocycles. The quantitative estimate of drug-likeness (QED) is 0.613. The zero-order valence-electron chi connectivity index (χ0n) is 17.1. The smallest absolute Gasteiger partial charge is 0.291 e. The Hall–Kier alpha value is -3.65. The molecule has 0 bridgehead atoms. The number of morpholine rings is 1. The van der Waals surface area contributed by atoms with Crippen molar-refractivity contribution in [3.8, 4) is 5.75 Å². The van der Waals surface area contributed by atoms with E-state index in [9.17, 15) is 14.4 Å². The molecular weight excluding hydrogens is 400 g/mol. The van der Waals surface area contributed by atoms with E-state index in [4.69, 9.17) is 13.9 Å². The summed E-state index contributed by atoms with van der Waals surface area (Å²) < 4.78 is 16.6. The lowest BCUT2D eigenvalue weighted by Gasteiger charge is -2.26. The van der Waals surface area contributed by atoms with E-state index in [-0.39, 0.29) is 24.1 Å². The van der Waals surface area contributed by atoms with E-state index in [1.807, 2.05) is 6.07 Å². The summed E-state index contributed by atoms with van der Waals surface area (Å²) in [5.74, 6) is -0.230. The van der Waals surface area contributed by atoms with Gasteiger partial charge in [-0.1, -0.05) is 12.1 Å². The van der Waals surface area contributed by atoms with Gasteiger partial charge in [-0.25, -0.2) is 0 Å². The Morgan fingerprint density at radius 1 is 1.03 bits per heavy atom. The molecule has 8 nitrogen and oxygen atoms in total. The first-order valence-corrected chi connectivity index (χ1v) is 9.95. The molecular formula is C23H22N2O6. The maximum Gasteiger partial charge on any atom is 0.291 e. The van der Waals surface area contributed by atoms with Crippen LogP contribution in [0.15, 0.2) is 52.9 Å². The van der Waals surface area contributed by atoms with E-state index in [0.717, 1.165) is 0 Å². The highest BCUT2D eigenvalue weighted by Gasteiger charge is 2.27. The van der Waals surface area contributed by atoms with Gasteiger partial charge in [0.25, 0.3) is 11.8 Å². The summed E-state index contributed by atoms with van der Waals surface area (Å²) in [6.45, 7) is 3.07. The molecule has 0 saturated carbocycles. The average Bonchev–Trinajstić information content (AvgIpc) is 3.16. The van der Waals surface area contributed by atoms with Crippen molar-refractivity contribution in [1.82, 2.24) is 4.90 Å². The molecule has 1 aromatic heterocycles. The van der Waals surface area contributed by atoms with Gasteiger partial charge in [-0.15, -0.1) is 0 Å². The fraction of sp³-hybridized carbons (Fsp3) is 0.261. The van der Waals surface area contributed by atoms with Crippen LogP contribution in [0.1, 0.15) is 27.8 Å². The van der Waals surface area contributed by atoms with Crippen LogP contribution in [0.2, 0.25) is 0 Å². The van der Waals surface area contributed by atoms with Crippen molar-refractivity contribution in [1.29, 1.82) is 0 Å². The summed E-state index contributed by atoms with van der Waals surface area (Å²) in [5.41, 5.74) is 1.40. The Kier molecular flexibility index (Phi) is 5.99. The third-order valence-electron chi connectivity index (χ3n) is 4.98. The van der Waals surface area contributed by atoms with Crippen molar-refractivity contribution in [3.05, 3.63) is 59.9 Å². The Bertz CT molecular complexity index is 1110. The van der Waals surface area contributed by atoms with Gasteiger partial charge in [0.15, 0.2) is 12.4 Å². The molecule has 0 aliphatic carbocycles. The van der Waals surface area contributed by atoms with Gasteiger partial charge in [0.1, 0.15) is 17.0 Å². The number of amides is 2. The van der Waals surface area contributed by atoms with E-state index in [1.165, 1.54) is 6.92 Å². The summed E-state index contributed by atoms with van der Waals surface area (Å²) in [5, 5.41) is 3.40. The highest BCUT2D eigenvalue weighted by atomic mass is 16.5. The van der Waals surface area contributed by atoms with E-state index in [1.54, 1.807) is 47.4 Å². The number of fused-ring (bicyclic) bond motifs is 1. The van der Waals surface area contributed by atoms with Gasteiger partial charge in [0, 0.05) is 24.0 Å². The molecule has 2 heterocycles. The van der Waals surface area contributed by atoms with Gasteiger partial charge in [-0.2, -0.15) is 0 Å². The largest absolute Gasteiger partial charge is 0.484 e. The molecule has 8 heteroatoms. The number of ether oxygens (including phenoxy) is 2. The number of carbonyl (C=O) groups is 3. The predicted molar refractivity (Wildman–Crippen MR) is 114 cm³/mol. The fourth-order valence-corrected chi connectivity index (χ4v) is 3.34. The van der Waals surface area contributed by atoms with Crippen molar-refractivity contribution < 1.29 is 28.3 Å². The first-order chi connectivity index (χ1) is 15.0. The second-order valence-corrected chi connectivity index (χ2v) is 7.12. The first kappa shape index (κ1) is 20.6. The number of nitrogens with zero attached hydrogens (tertiary/aromatic N) is 1. The van der Waals surface area contributed by atoms with Gasteiger partial charge < -0.3 is 24.1 Å². The predicted octanol–water partition coefficient (Wildman–Crippen LogP) is 3.13. The lowest BCUT2D eigenvalue weighted by atomic mass is 10.1. The Balaban J connectivity index is 1.50. The number of nitrogens with one attached hydrogen (secondary N) is 1. The van der Waals surface area contributed by atoms with Gasteiger partial charge >= 0.3 is 0 Å². The zero-order chi connectivity index (χ0) is 21.8. The number of furan rings is 1. The lowest BCUT2D eigenvalue weighted by molar-refractivity contribution is -0.118. The molecule has 1 aliphatic rings. The molecule has 1 saturated heterocycles. The van der Waals surface area contributed by atoms with Crippen molar-refractivity contribution in [2.24, 2.45) is 0 Å². The highest BCUT2D eigenvalue weighted by Crippen LogP contribution is 2.32. The minimum absolute atomic E-state index is 0.0476. The van der Waals surface area contributed by atoms with Crippen molar-refractivity contribution in [2.45, 2.75) is 6.92 Å². The van der Waals surface area contributed by atoms with Crippen LogP contribution in [0.3, 0.4) is 0 Å². The van der Waals surface area contributed by atoms with Crippen LogP contribution in [-0.4, -0.2) is 55.4 Å². The van der Waals surface area contributed by atoms with Crippen molar-refractivity contribution in [2.75, 3.05) is 38.2 Å².